The zero-order valence-corrected chi connectivity index (χ0v) is 15.1. The van der Waals surface area contributed by atoms with Gasteiger partial charge in [0.15, 0.2) is 0 Å². The Morgan fingerprint density at radius 3 is 2.30 bits per heavy atom. The van der Waals surface area contributed by atoms with Crippen molar-refractivity contribution < 1.29 is 42.5 Å². The third kappa shape index (κ3) is 3.26. The third-order valence-electron chi connectivity index (χ3n) is 3.72. The second kappa shape index (κ2) is 6.16. The fourth-order valence-corrected chi connectivity index (χ4v) is 3.28. The van der Waals surface area contributed by atoms with Crippen molar-refractivity contribution in [2.75, 3.05) is 0 Å². The normalized spacial score (nSPS) is 12.2. The first kappa shape index (κ1) is 17.7. The summed E-state index contributed by atoms with van der Waals surface area (Å²) in [5.41, 5.74) is 1.57. The zero-order valence-electron chi connectivity index (χ0n) is 12.3. The second-order valence-corrected chi connectivity index (χ2v) is 6.67. The molecule has 0 bridgehead atoms. The van der Waals surface area contributed by atoms with E-state index in [4.69, 9.17) is 0 Å². The van der Waals surface area contributed by atoms with Crippen LogP contribution in [-0.2, 0) is 15.5 Å². The Morgan fingerprint density at radius 1 is 1.15 bits per heavy atom. The van der Waals surface area contributed by atoms with Crippen molar-refractivity contribution in [3.8, 4) is 11.1 Å². The van der Waals surface area contributed by atoms with E-state index >= 15 is 0 Å². The summed E-state index contributed by atoms with van der Waals surface area (Å²) in [5, 5.41) is 0. The van der Waals surface area contributed by atoms with Crippen LogP contribution >= 0.6 is 0 Å². The van der Waals surface area contributed by atoms with Gasteiger partial charge in [-0.3, -0.25) is 0 Å². The van der Waals surface area contributed by atoms with E-state index in [1.165, 1.54) is 0 Å². The molecule has 0 saturated carbocycles. The van der Waals surface area contributed by atoms with Gasteiger partial charge in [-0.15, -0.1) is 0 Å². The van der Waals surface area contributed by atoms with Gasteiger partial charge in [0, 0.05) is 0 Å². The smallest absolute Gasteiger partial charge is 0.744 e. The van der Waals surface area contributed by atoms with Crippen molar-refractivity contribution in [2.24, 2.45) is 0 Å². The van der Waals surface area contributed by atoms with Crippen molar-refractivity contribution >= 4 is 10.1 Å². The molecule has 0 fully saturated rings. The van der Waals surface area contributed by atoms with Crippen LogP contribution in [-0.4, -0.2) is 13.0 Å². The average molecular weight is 300 g/mol. The molecule has 0 radical (unpaired) electrons. The van der Waals surface area contributed by atoms with E-state index in [9.17, 15) is 13.0 Å². The number of hydrogen-bond acceptors (Lipinski definition) is 3. The standard InChI is InChI=1S/C15H18O3S.Na/c1-4-15(2,3)13-10-11-8-6-5-7-9-12(11)14(13)19(16,17)18;/h5-10H,4H2,1-3H3,(H,16,17,18);/q;+1/p-1. The van der Waals surface area contributed by atoms with Crippen molar-refractivity contribution in [3.63, 3.8) is 0 Å². The third-order valence-corrected chi connectivity index (χ3v) is 4.66. The summed E-state index contributed by atoms with van der Waals surface area (Å²) in [7, 11) is -4.49. The fourth-order valence-electron chi connectivity index (χ4n) is 2.22. The Kier molecular flexibility index (Phi) is 5.44. The summed E-state index contributed by atoms with van der Waals surface area (Å²) in [4.78, 5) is -0.0643. The van der Waals surface area contributed by atoms with Crippen LogP contribution in [0, 0.1) is 0 Å². The summed E-state index contributed by atoms with van der Waals surface area (Å²) in [5.74, 6) is 0. The van der Waals surface area contributed by atoms with Crippen LogP contribution in [0.4, 0.5) is 0 Å². The molecular formula is C15H17NaO3S. The van der Waals surface area contributed by atoms with Gasteiger partial charge in [-0.05, 0) is 34.6 Å². The molecule has 20 heavy (non-hydrogen) atoms. The Balaban J connectivity index is 0.00000200. The molecule has 0 saturated heterocycles. The van der Waals surface area contributed by atoms with E-state index in [0.29, 0.717) is 11.1 Å². The predicted molar refractivity (Wildman–Crippen MR) is 74.3 cm³/mol. The van der Waals surface area contributed by atoms with Crippen molar-refractivity contribution in [1.29, 1.82) is 0 Å². The van der Waals surface area contributed by atoms with E-state index in [1.807, 2.05) is 45.0 Å². The molecule has 3 nitrogen and oxygen atoms in total. The van der Waals surface area contributed by atoms with Gasteiger partial charge in [0.2, 0.25) is 0 Å². The molecule has 2 aliphatic rings. The quantitative estimate of drug-likeness (QED) is 0.608. The average Bonchev–Trinajstić information content (AvgIpc) is 2.55. The van der Waals surface area contributed by atoms with E-state index in [2.05, 4.69) is 0 Å². The van der Waals surface area contributed by atoms with Gasteiger partial charge in [-0.2, -0.15) is 0 Å². The van der Waals surface area contributed by atoms with Gasteiger partial charge < -0.3 is 4.55 Å². The van der Waals surface area contributed by atoms with Crippen LogP contribution < -0.4 is 29.6 Å². The minimum absolute atomic E-state index is 0. The minimum Gasteiger partial charge on any atom is -0.744 e. The van der Waals surface area contributed by atoms with Crippen LogP contribution in [0.3, 0.4) is 0 Å². The topological polar surface area (TPSA) is 57.2 Å². The second-order valence-electron chi connectivity index (χ2n) is 5.36. The van der Waals surface area contributed by atoms with Crippen LogP contribution in [0.1, 0.15) is 32.8 Å². The molecule has 0 unspecified atom stereocenters. The first-order valence-electron chi connectivity index (χ1n) is 6.25. The molecule has 2 aliphatic carbocycles. The maximum absolute atomic E-state index is 11.6. The van der Waals surface area contributed by atoms with Crippen molar-refractivity contribution in [2.45, 2.75) is 37.5 Å². The minimum atomic E-state index is -4.49. The Hall–Kier alpha value is -0.390. The molecule has 0 N–H and O–H groups in total. The SMILES string of the molecule is CCC(C)(C)c1cc2cccccc-2c1S(=O)(=O)[O-].[Na+]. The first-order chi connectivity index (χ1) is 8.77. The Labute approximate surface area is 142 Å². The van der Waals surface area contributed by atoms with Crippen LogP contribution in [0.5, 0.6) is 0 Å². The molecular weight excluding hydrogens is 283 g/mol. The van der Waals surface area contributed by atoms with E-state index in [0.717, 1.165) is 12.0 Å². The van der Waals surface area contributed by atoms with Gasteiger partial charge in [0.1, 0.15) is 10.1 Å². The van der Waals surface area contributed by atoms with Crippen molar-refractivity contribution in [1.82, 2.24) is 0 Å². The van der Waals surface area contributed by atoms with Crippen molar-refractivity contribution in [3.05, 3.63) is 42.0 Å². The summed E-state index contributed by atoms with van der Waals surface area (Å²) in [6.45, 7) is 5.89. The largest absolute Gasteiger partial charge is 1.00 e. The number of rotatable bonds is 3. The molecule has 0 aliphatic heterocycles. The Bertz CT molecular complexity index is 678. The van der Waals surface area contributed by atoms with E-state index < -0.39 is 10.1 Å². The predicted octanol–water partition coefficient (Wildman–Crippen LogP) is 0.387. The van der Waals surface area contributed by atoms with Crippen LogP contribution in [0.15, 0.2) is 41.3 Å². The van der Waals surface area contributed by atoms with Gasteiger partial charge >= 0.3 is 29.6 Å². The van der Waals surface area contributed by atoms with Crippen LogP contribution in [0.2, 0.25) is 0 Å². The Morgan fingerprint density at radius 2 is 1.75 bits per heavy atom. The van der Waals surface area contributed by atoms with Gasteiger partial charge in [0.25, 0.3) is 0 Å². The zero-order chi connectivity index (χ0) is 14.3. The van der Waals surface area contributed by atoms with Gasteiger partial charge in [-0.1, -0.05) is 51.1 Å². The molecule has 0 aromatic carbocycles. The summed E-state index contributed by atoms with van der Waals surface area (Å²) in [6.07, 6.45) is 0.762. The van der Waals surface area contributed by atoms with Gasteiger partial charge in [0.05, 0.1) is 4.90 Å². The maximum Gasteiger partial charge on any atom is 1.00 e. The monoisotopic (exact) mass is 300 g/mol. The summed E-state index contributed by atoms with van der Waals surface area (Å²) in [6, 6.07) is 10.7. The van der Waals surface area contributed by atoms with E-state index in [1.54, 1.807) is 12.1 Å². The molecule has 0 amide bonds. The molecule has 102 valence electrons. The molecule has 0 heterocycles. The summed E-state index contributed by atoms with van der Waals surface area (Å²) >= 11 is 0. The molecule has 0 aromatic rings. The van der Waals surface area contributed by atoms with Gasteiger partial charge in [-0.25, -0.2) is 8.42 Å². The number of hydrogen-bond donors (Lipinski definition) is 0. The number of fused-ring (bicyclic) bond motifs is 1. The molecule has 0 aromatic heterocycles. The fraction of sp³-hybridized carbons (Fsp3) is 0.333. The van der Waals surface area contributed by atoms with Crippen LogP contribution in [0.25, 0.3) is 11.1 Å². The molecule has 0 spiro atoms. The van der Waals surface area contributed by atoms with E-state index in [-0.39, 0.29) is 39.9 Å². The first-order valence-corrected chi connectivity index (χ1v) is 7.66. The maximum atomic E-state index is 11.6. The molecule has 0 atom stereocenters. The summed E-state index contributed by atoms with van der Waals surface area (Å²) < 4.78 is 34.9. The molecule has 5 heteroatoms. The molecule has 2 rings (SSSR count).